The van der Waals surface area contributed by atoms with Crippen molar-refractivity contribution in [1.29, 1.82) is 0 Å². The Morgan fingerprint density at radius 2 is 2.07 bits per heavy atom. The fourth-order valence-corrected chi connectivity index (χ4v) is 1.92. The van der Waals surface area contributed by atoms with Gasteiger partial charge in [-0.05, 0) is 25.5 Å². The van der Waals surface area contributed by atoms with E-state index in [1.54, 1.807) is 19.9 Å². The van der Waals surface area contributed by atoms with Gasteiger partial charge in [0.2, 0.25) is 0 Å². The maximum Gasteiger partial charge on any atom is 0.278 e. The van der Waals surface area contributed by atoms with Gasteiger partial charge in [-0.3, -0.25) is 0 Å². The van der Waals surface area contributed by atoms with Crippen LogP contribution < -0.4 is 0 Å². The highest BCUT2D eigenvalue weighted by Crippen LogP contribution is 2.37. The molecule has 0 saturated heterocycles. The highest BCUT2D eigenvalue weighted by Gasteiger charge is 2.35. The summed E-state index contributed by atoms with van der Waals surface area (Å²) >= 11 is 5.68. The molecule has 15 heavy (non-hydrogen) atoms. The number of nitrogens with zero attached hydrogens (tertiary/aromatic N) is 1. The number of alkyl halides is 2. The summed E-state index contributed by atoms with van der Waals surface area (Å²) < 4.78 is 27.1. The van der Waals surface area contributed by atoms with Crippen molar-refractivity contribution in [3.63, 3.8) is 0 Å². The van der Waals surface area contributed by atoms with E-state index in [0.717, 1.165) is 0 Å². The molecule has 0 aliphatic carbocycles. The van der Waals surface area contributed by atoms with Crippen molar-refractivity contribution in [2.45, 2.75) is 26.2 Å². The maximum absolute atomic E-state index is 13.5. The van der Waals surface area contributed by atoms with E-state index in [1.165, 1.54) is 0 Å². The summed E-state index contributed by atoms with van der Waals surface area (Å²) in [7, 11) is 0. The van der Waals surface area contributed by atoms with Crippen molar-refractivity contribution >= 4 is 11.6 Å². The van der Waals surface area contributed by atoms with Crippen molar-refractivity contribution < 1.29 is 13.9 Å². The van der Waals surface area contributed by atoms with E-state index in [0.29, 0.717) is 11.3 Å². The third kappa shape index (κ3) is 2.63. The Hall–Kier alpha value is -0.740. The molecular formula is C10H12ClF2NO. The number of pyridine rings is 1. The van der Waals surface area contributed by atoms with Gasteiger partial charge in [-0.2, -0.15) is 0 Å². The lowest BCUT2D eigenvalue weighted by atomic mass is 10.0. The molecule has 0 aromatic carbocycles. The van der Waals surface area contributed by atoms with Gasteiger partial charge in [-0.1, -0.05) is 11.6 Å². The van der Waals surface area contributed by atoms with Crippen molar-refractivity contribution in [2.24, 2.45) is 0 Å². The summed E-state index contributed by atoms with van der Waals surface area (Å²) in [5, 5.41) is 8.37. The van der Waals surface area contributed by atoms with Crippen LogP contribution in [0.1, 0.15) is 23.2 Å². The Morgan fingerprint density at radius 1 is 1.47 bits per heavy atom. The zero-order valence-electron chi connectivity index (χ0n) is 8.52. The summed E-state index contributed by atoms with van der Waals surface area (Å²) in [6.07, 6.45) is -0.641. The molecule has 0 fully saturated rings. The molecule has 0 amide bonds. The summed E-state index contributed by atoms with van der Waals surface area (Å²) in [4.78, 5) is 3.79. The first-order valence-corrected chi connectivity index (χ1v) is 4.89. The second-order valence-electron chi connectivity index (χ2n) is 3.42. The van der Waals surface area contributed by atoms with Crippen LogP contribution in [-0.2, 0) is 5.92 Å². The minimum atomic E-state index is -3.13. The molecule has 0 radical (unpaired) electrons. The lowest BCUT2D eigenvalue weighted by Crippen LogP contribution is -2.18. The van der Waals surface area contributed by atoms with E-state index in [2.05, 4.69) is 4.98 Å². The topological polar surface area (TPSA) is 33.1 Å². The molecule has 1 heterocycles. The third-order valence-electron chi connectivity index (χ3n) is 2.09. The molecule has 1 N–H and O–H groups in total. The Morgan fingerprint density at radius 3 is 2.53 bits per heavy atom. The van der Waals surface area contributed by atoms with Gasteiger partial charge in [0.15, 0.2) is 0 Å². The molecule has 1 aromatic heterocycles. The molecule has 5 heteroatoms. The second kappa shape index (κ2) is 4.41. The lowest BCUT2D eigenvalue weighted by molar-refractivity contribution is -0.0276. The Labute approximate surface area is 91.9 Å². The number of hydrogen-bond acceptors (Lipinski definition) is 2. The molecule has 0 bridgehead atoms. The molecule has 0 spiro atoms. The smallest absolute Gasteiger partial charge is 0.278 e. The van der Waals surface area contributed by atoms with Gasteiger partial charge >= 0.3 is 0 Å². The first-order valence-electron chi connectivity index (χ1n) is 4.51. The second-order valence-corrected chi connectivity index (χ2v) is 3.78. The van der Waals surface area contributed by atoms with Crippen LogP contribution in [0.3, 0.4) is 0 Å². The zero-order chi connectivity index (χ0) is 11.6. The number of aryl methyl sites for hydroxylation is 2. The predicted octanol–water partition coefficient (Wildman–Crippen LogP) is 2.83. The summed E-state index contributed by atoms with van der Waals surface area (Å²) in [5.41, 5.74) is 0.704. The summed E-state index contributed by atoms with van der Waals surface area (Å²) in [6, 6.07) is 1.55. The van der Waals surface area contributed by atoms with Crippen molar-refractivity contribution in [3.05, 3.63) is 28.0 Å². The number of aliphatic hydroxyl groups is 1. The monoisotopic (exact) mass is 235 g/mol. The van der Waals surface area contributed by atoms with Gasteiger partial charge in [-0.25, -0.2) is 13.8 Å². The molecule has 0 aliphatic heterocycles. The molecule has 1 rings (SSSR count). The molecule has 0 atom stereocenters. The molecule has 0 saturated carbocycles. The van der Waals surface area contributed by atoms with E-state index in [9.17, 15) is 8.78 Å². The van der Waals surface area contributed by atoms with Crippen molar-refractivity contribution in [2.75, 3.05) is 6.61 Å². The van der Waals surface area contributed by atoms with E-state index in [1.807, 2.05) is 0 Å². The van der Waals surface area contributed by atoms with Gasteiger partial charge in [0.05, 0.1) is 5.56 Å². The largest absolute Gasteiger partial charge is 0.396 e. The third-order valence-corrected chi connectivity index (χ3v) is 2.37. The first-order chi connectivity index (χ1) is 6.88. The van der Waals surface area contributed by atoms with Gasteiger partial charge < -0.3 is 5.11 Å². The molecule has 1 aromatic rings. The number of hydrogen-bond donors (Lipinski definition) is 1. The summed E-state index contributed by atoms with van der Waals surface area (Å²) in [6.45, 7) is 2.66. The van der Waals surface area contributed by atoms with Crippen LogP contribution in [-0.4, -0.2) is 16.7 Å². The van der Waals surface area contributed by atoms with Crippen molar-refractivity contribution in [1.82, 2.24) is 4.98 Å². The van der Waals surface area contributed by atoms with E-state index >= 15 is 0 Å². The molecule has 0 unspecified atom stereocenters. The average molecular weight is 236 g/mol. The lowest BCUT2D eigenvalue weighted by Gasteiger charge is -2.19. The Kier molecular flexibility index (Phi) is 3.62. The number of rotatable bonds is 3. The average Bonchev–Trinajstić information content (AvgIpc) is 1.99. The van der Waals surface area contributed by atoms with Crippen LogP contribution in [0.2, 0.25) is 5.15 Å². The Balaban J connectivity index is 3.24. The van der Waals surface area contributed by atoms with Crippen molar-refractivity contribution in [3.8, 4) is 0 Å². The SMILES string of the molecule is Cc1cc(C)c(C(F)(F)CCO)c(Cl)n1. The molecule has 0 aliphatic rings. The Bertz CT molecular complexity index is 345. The number of halogens is 3. The summed E-state index contributed by atoms with van der Waals surface area (Å²) in [5.74, 6) is -3.13. The minimum Gasteiger partial charge on any atom is -0.396 e. The van der Waals surface area contributed by atoms with Gasteiger partial charge in [0, 0.05) is 18.7 Å². The van der Waals surface area contributed by atoms with E-state index in [4.69, 9.17) is 16.7 Å². The van der Waals surface area contributed by atoms with Crippen LogP contribution in [0.5, 0.6) is 0 Å². The van der Waals surface area contributed by atoms with Crippen LogP contribution in [0.25, 0.3) is 0 Å². The standard InChI is InChI=1S/C10H12ClF2NO/c1-6-5-7(2)14-9(11)8(6)10(12,13)3-4-15/h5,15H,3-4H2,1-2H3. The fraction of sp³-hybridized carbons (Fsp3) is 0.500. The molecular weight excluding hydrogens is 224 g/mol. The van der Waals surface area contributed by atoms with Crippen LogP contribution in [0.4, 0.5) is 8.78 Å². The predicted molar refractivity (Wildman–Crippen MR) is 54.3 cm³/mol. The maximum atomic E-state index is 13.5. The van der Waals surface area contributed by atoms with E-state index in [-0.39, 0.29) is 10.7 Å². The molecule has 84 valence electrons. The first kappa shape index (κ1) is 12.3. The normalized spacial score (nSPS) is 11.9. The van der Waals surface area contributed by atoms with Crippen LogP contribution in [0, 0.1) is 13.8 Å². The highest BCUT2D eigenvalue weighted by atomic mass is 35.5. The number of aromatic nitrogens is 1. The minimum absolute atomic E-state index is 0.189. The van der Waals surface area contributed by atoms with E-state index < -0.39 is 19.0 Å². The number of aliphatic hydroxyl groups excluding tert-OH is 1. The van der Waals surface area contributed by atoms with Gasteiger partial charge in [0.1, 0.15) is 5.15 Å². The fourth-order valence-electron chi connectivity index (χ4n) is 1.50. The highest BCUT2D eigenvalue weighted by molar-refractivity contribution is 6.30. The zero-order valence-corrected chi connectivity index (χ0v) is 9.28. The van der Waals surface area contributed by atoms with Gasteiger partial charge in [-0.15, -0.1) is 0 Å². The quantitative estimate of drug-likeness (QED) is 0.818. The molecule has 2 nitrogen and oxygen atoms in total. The van der Waals surface area contributed by atoms with Crippen LogP contribution in [0.15, 0.2) is 6.07 Å². The van der Waals surface area contributed by atoms with Gasteiger partial charge in [0.25, 0.3) is 5.92 Å². The van der Waals surface area contributed by atoms with Crippen LogP contribution >= 0.6 is 11.6 Å².